The number of fused-ring (bicyclic) bond motifs is 1. The van der Waals surface area contributed by atoms with Gasteiger partial charge in [-0.05, 0) is 62.4 Å². The van der Waals surface area contributed by atoms with E-state index in [4.69, 9.17) is 0 Å². The number of hydrogen-bond acceptors (Lipinski definition) is 2. The lowest BCUT2D eigenvalue weighted by atomic mass is 10.0. The molecule has 2 heterocycles. The van der Waals surface area contributed by atoms with Crippen molar-refractivity contribution in [3.8, 4) is 11.4 Å². The number of H-pyrrole nitrogens is 1. The molecule has 0 unspecified atom stereocenters. The molecule has 4 nitrogen and oxygen atoms in total. The smallest absolute Gasteiger partial charge is 0.220 e. The number of aryl methyl sites for hydroxylation is 2. The molecule has 0 aliphatic heterocycles. The fraction of sp³-hybridized carbons (Fsp3) is 0.391. The molecular weight excluding hydrogens is 334 g/mol. The van der Waals surface area contributed by atoms with Gasteiger partial charge in [-0.3, -0.25) is 9.78 Å². The van der Waals surface area contributed by atoms with E-state index in [1.807, 2.05) is 24.4 Å². The molecule has 1 amide bonds. The Kier molecular flexibility index (Phi) is 5.23. The maximum Gasteiger partial charge on any atom is 0.220 e. The van der Waals surface area contributed by atoms with Crippen LogP contribution in [-0.4, -0.2) is 21.9 Å². The van der Waals surface area contributed by atoms with E-state index in [1.165, 1.54) is 29.4 Å². The predicted molar refractivity (Wildman–Crippen MR) is 110 cm³/mol. The molecule has 0 atom stereocenters. The van der Waals surface area contributed by atoms with Gasteiger partial charge in [-0.25, -0.2) is 0 Å². The quantitative estimate of drug-likeness (QED) is 0.655. The average molecular weight is 361 g/mol. The number of aromatic amines is 1. The Balaban J connectivity index is 1.52. The lowest BCUT2D eigenvalue weighted by molar-refractivity contribution is -0.121. The van der Waals surface area contributed by atoms with Crippen LogP contribution in [0.15, 0.2) is 42.6 Å². The van der Waals surface area contributed by atoms with Gasteiger partial charge in [-0.1, -0.05) is 30.5 Å². The molecule has 4 rings (SSSR count). The van der Waals surface area contributed by atoms with Gasteiger partial charge in [-0.15, -0.1) is 0 Å². The third-order valence-corrected chi connectivity index (χ3v) is 5.53. The molecule has 0 bridgehead atoms. The summed E-state index contributed by atoms with van der Waals surface area (Å²) in [5.74, 6) is 0.192. The van der Waals surface area contributed by atoms with Crippen LogP contribution in [0.4, 0.5) is 0 Å². The number of nitrogens with one attached hydrogen (secondary N) is 2. The summed E-state index contributed by atoms with van der Waals surface area (Å²) in [5, 5.41) is 4.43. The molecule has 2 N–H and O–H groups in total. The third kappa shape index (κ3) is 4.05. The summed E-state index contributed by atoms with van der Waals surface area (Å²) < 4.78 is 0. The van der Waals surface area contributed by atoms with Crippen LogP contribution in [-0.2, 0) is 11.2 Å². The van der Waals surface area contributed by atoms with Crippen molar-refractivity contribution in [3.63, 3.8) is 0 Å². The van der Waals surface area contributed by atoms with Crippen LogP contribution in [0.3, 0.4) is 0 Å². The lowest BCUT2D eigenvalue weighted by Gasteiger charge is -2.11. The van der Waals surface area contributed by atoms with Gasteiger partial charge in [-0.2, -0.15) is 0 Å². The zero-order valence-corrected chi connectivity index (χ0v) is 15.9. The van der Waals surface area contributed by atoms with Crippen molar-refractivity contribution in [2.75, 3.05) is 0 Å². The summed E-state index contributed by atoms with van der Waals surface area (Å²) in [4.78, 5) is 20.3. The van der Waals surface area contributed by atoms with Gasteiger partial charge in [0.2, 0.25) is 5.91 Å². The van der Waals surface area contributed by atoms with E-state index in [0.29, 0.717) is 12.5 Å². The summed E-state index contributed by atoms with van der Waals surface area (Å²) in [6.45, 7) is 2.12. The molecule has 2 aromatic heterocycles. The van der Waals surface area contributed by atoms with Gasteiger partial charge in [0.25, 0.3) is 0 Å². The van der Waals surface area contributed by atoms with E-state index in [0.717, 1.165) is 42.6 Å². The molecule has 27 heavy (non-hydrogen) atoms. The minimum Gasteiger partial charge on any atom is -0.353 e. The Labute approximate surface area is 160 Å². The summed E-state index contributed by atoms with van der Waals surface area (Å²) in [6, 6.07) is 12.9. The maximum absolute atomic E-state index is 12.3. The number of amides is 1. The number of aromatic nitrogens is 2. The van der Waals surface area contributed by atoms with Crippen LogP contribution in [0.1, 0.15) is 49.7 Å². The van der Waals surface area contributed by atoms with E-state index in [1.54, 1.807) is 0 Å². The van der Waals surface area contributed by atoms with Crippen molar-refractivity contribution in [1.29, 1.82) is 0 Å². The summed E-state index contributed by atoms with van der Waals surface area (Å²) in [6.07, 6.45) is 8.88. The van der Waals surface area contributed by atoms with E-state index in [9.17, 15) is 4.79 Å². The van der Waals surface area contributed by atoms with Crippen molar-refractivity contribution in [3.05, 3.63) is 53.7 Å². The molecule has 3 aromatic rings. The van der Waals surface area contributed by atoms with Crippen molar-refractivity contribution < 1.29 is 4.79 Å². The standard InChI is InChI=1S/C23H27N3O/c1-16-12-13-20-19(15-16)18(23(26-20)21-10-4-5-14-24-21)9-6-11-22(27)25-17-7-2-3-8-17/h4-5,10,12-15,17,26H,2-3,6-9,11H2,1H3,(H,25,27). The lowest BCUT2D eigenvalue weighted by Crippen LogP contribution is -2.32. The average Bonchev–Trinajstić information content (AvgIpc) is 3.30. The number of pyridine rings is 1. The Bertz CT molecular complexity index is 923. The fourth-order valence-electron chi connectivity index (χ4n) is 4.15. The second-order valence-electron chi connectivity index (χ2n) is 7.65. The molecule has 1 fully saturated rings. The number of carbonyl (C=O) groups excluding carboxylic acids is 1. The van der Waals surface area contributed by atoms with Crippen molar-refractivity contribution in [2.45, 2.75) is 57.9 Å². The Morgan fingerprint density at radius 3 is 2.85 bits per heavy atom. The van der Waals surface area contributed by atoms with Crippen LogP contribution in [0.25, 0.3) is 22.3 Å². The third-order valence-electron chi connectivity index (χ3n) is 5.53. The van der Waals surface area contributed by atoms with Crippen molar-refractivity contribution in [1.82, 2.24) is 15.3 Å². The van der Waals surface area contributed by atoms with Gasteiger partial charge < -0.3 is 10.3 Å². The minimum atomic E-state index is 0.192. The number of hydrogen-bond donors (Lipinski definition) is 2. The Morgan fingerprint density at radius 1 is 1.22 bits per heavy atom. The molecule has 0 radical (unpaired) electrons. The highest BCUT2D eigenvalue weighted by Crippen LogP contribution is 2.31. The van der Waals surface area contributed by atoms with Gasteiger partial charge in [0.1, 0.15) is 0 Å². The van der Waals surface area contributed by atoms with Crippen molar-refractivity contribution >= 4 is 16.8 Å². The summed E-state index contributed by atoms with van der Waals surface area (Å²) in [7, 11) is 0. The zero-order chi connectivity index (χ0) is 18.6. The van der Waals surface area contributed by atoms with Gasteiger partial charge in [0, 0.05) is 29.6 Å². The first kappa shape index (κ1) is 17.8. The molecule has 1 aliphatic carbocycles. The maximum atomic E-state index is 12.3. The normalized spacial score (nSPS) is 14.7. The molecule has 0 saturated heterocycles. The van der Waals surface area contributed by atoms with Crippen LogP contribution in [0.2, 0.25) is 0 Å². The molecule has 1 aliphatic rings. The second-order valence-corrected chi connectivity index (χ2v) is 7.65. The van der Waals surface area contributed by atoms with Crippen LogP contribution in [0.5, 0.6) is 0 Å². The van der Waals surface area contributed by atoms with E-state index >= 15 is 0 Å². The molecule has 140 valence electrons. The largest absolute Gasteiger partial charge is 0.353 e. The van der Waals surface area contributed by atoms with Crippen LogP contribution >= 0.6 is 0 Å². The molecule has 1 aromatic carbocycles. The first-order chi connectivity index (χ1) is 13.2. The summed E-state index contributed by atoms with van der Waals surface area (Å²) >= 11 is 0. The predicted octanol–water partition coefficient (Wildman–Crippen LogP) is 4.92. The highest BCUT2D eigenvalue weighted by atomic mass is 16.1. The van der Waals surface area contributed by atoms with E-state index < -0.39 is 0 Å². The van der Waals surface area contributed by atoms with Crippen molar-refractivity contribution in [2.24, 2.45) is 0 Å². The van der Waals surface area contributed by atoms with Crippen LogP contribution in [0, 0.1) is 6.92 Å². The second kappa shape index (κ2) is 7.95. The first-order valence-corrected chi connectivity index (χ1v) is 10.0. The monoisotopic (exact) mass is 361 g/mol. The Morgan fingerprint density at radius 2 is 2.07 bits per heavy atom. The highest BCUT2D eigenvalue weighted by Gasteiger charge is 2.18. The number of carbonyl (C=O) groups is 1. The van der Waals surface area contributed by atoms with E-state index in [-0.39, 0.29) is 5.91 Å². The van der Waals surface area contributed by atoms with Gasteiger partial charge in [0.05, 0.1) is 11.4 Å². The van der Waals surface area contributed by atoms with Gasteiger partial charge in [0.15, 0.2) is 0 Å². The SMILES string of the molecule is Cc1ccc2[nH]c(-c3ccccn3)c(CCCC(=O)NC3CCCC3)c2c1. The minimum absolute atomic E-state index is 0.192. The summed E-state index contributed by atoms with van der Waals surface area (Å²) in [5.41, 5.74) is 5.67. The molecular formula is C23H27N3O. The number of benzene rings is 1. The molecule has 4 heteroatoms. The number of rotatable bonds is 6. The number of nitrogens with zero attached hydrogens (tertiary/aromatic N) is 1. The molecule has 0 spiro atoms. The first-order valence-electron chi connectivity index (χ1n) is 10.0. The fourth-order valence-corrected chi connectivity index (χ4v) is 4.15. The Hall–Kier alpha value is -2.62. The molecule has 1 saturated carbocycles. The topological polar surface area (TPSA) is 57.8 Å². The van der Waals surface area contributed by atoms with Gasteiger partial charge >= 0.3 is 0 Å². The van der Waals surface area contributed by atoms with E-state index in [2.05, 4.69) is 40.4 Å². The van der Waals surface area contributed by atoms with Crippen LogP contribution < -0.4 is 5.32 Å². The zero-order valence-electron chi connectivity index (χ0n) is 15.9. The highest BCUT2D eigenvalue weighted by molar-refractivity contribution is 5.90.